The van der Waals surface area contributed by atoms with Gasteiger partial charge in [-0.2, -0.15) is 0 Å². The molecule has 0 spiro atoms. The van der Waals surface area contributed by atoms with Crippen LogP contribution in [0.4, 0.5) is 0 Å². The van der Waals surface area contributed by atoms with E-state index in [0.29, 0.717) is 6.42 Å². The molecule has 1 rings (SSSR count). The highest BCUT2D eigenvalue weighted by Crippen LogP contribution is 2.04. The zero-order chi connectivity index (χ0) is 15.8. The van der Waals surface area contributed by atoms with Crippen LogP contribution in [0.25, 0.3) is 0 Å². The second kappa shape index (κ2) is 8.42. The first-order valence-corrected chi connectivity index (χ1v) is 7.26. The van der Waals surface area contributed by atoms with Crippen molar-refractivity contribution in [3.05, 3.63) is 35.9 Å². The van der Waals surface area contributed by atoms with Crippen molar-refractivity contribution in [1.29, 1.82) is 0 Å². The van der Waals surface area contributed by atoms with Crippen LogP contribution in [0.3, 0.4) is 0 Å². The molecule has 0 aliphatic carbocycles. The molecule has 0 aliphatic heterocycles. The standard InChI is InChI=1S/C16H25N3O2/c1-11(2)18-16(21)14(19-15(20)12(3)17-4)10-13-8-6-5-7-9-13/h5-9,11-12,14,17H,10H2,1-4H3,(H,18,21)(H,19,20). The van der Waals surface area contributed by atoms with Gasteiger partial charge in [0.1, 0.15) is 6.04 Å². The fourth-order valence-electron chi connectivity index (χ4n) is 1.87. The second-order valence-corrected chi connectivity index (χ2v) is 5.42. The quantitative estimate of drug-likeness (QED) is 0.697. The van der Waals surface area contributed by atoms with Gasteiger partial charge in [0.15, 0.2) is 0 Å². The van der Waals surface area contributed by atoms with Crippen molar-refractivity contribution in [2.24, 2.45) is 0 Å². The maximum Gasteiger partial charge on any atom is 0.243 e. The fraction of sp³-hybridized carbons (Fsp3) is 0.500. The Morgan fingerprint density at radius 1 is 1.00 bits per heavy atom. The first-order valence-electron chi connectivity index (χ1n) is 7.26. The van der Waals surface area contributed by atoms with Gasteiger partial charge in [-0.25, -0.2) is 0 Å². The monoisotopic (exact) mass is 291 g/mol. The Morgan fingerprint density at radius 3 is 2.14 bits per heavy atom. The molecule has 1 aromatic rings. The number of benzene rings is 1. The minimum absolute atomic E-state index is 0.0365. The maximum atomic E-state index is 12.3. The molecule has 5 heteroatoms. The van der Waals surface area contributed by atoms with E-state index in [1.807, 2.05) is 44.2 Å². The number of hydrogen-bond donors (Lipinski definition) is 3. The molecule has 0 saturated heterocycles. The molecule has 2 amide bonds. The fourth-order valence-corrected chi connectivity index (χ4v) is 1.87. The Balaban J connectivity index is 2.79. The van der Waals surface area contributed by atoms with Gasteiger partial charge in [0.25, 0.3) is 0 Å². The van der Waals surface area contributed by atoms with E-state index >= 15 is 0 Å². The molecule has 2 unspecified atom stereocenters. The van der Waals surface area contributed by atoms with Gasteiger partial charge in [0, 0.05) is 12.5 Å². The lowest BCUT2D eigenvalue weighted by Crippen LogP contribution is -2.53. The van der Waals surface area contributed by atoms with E-state index < -0.39 is 6.04 Å². The largest absolute Gasteiger partial charge is 0.352 e. The summed E-state index contributed by atoms with van der Waals surface area (Å²) in [4.78, 5) is 24.3. The van der Waals surface area contributed by atoms with E-state index in [1.54, 1.807) is 14.0 Å². The molecular formula is C16H25N3O2. The third-order valence-corrected chi connectivity index (χ3v) is 3.17. The summed E-state index contributed by atoms with van der Waals surface area (Å²) in [6.07, 6.45) is 0.474. The predicted molar refractivity (Wildman–Crippen MR) is 83.9 cm³/mol. The van der Waals surface area contributed by atoms with Crippen molar-refractivity contribution in [2.45, 2.75) is 45.3 Å². The Kier molecular flexibility index (Phi) is 6.88. The van der Waals surface area contributed by atoms with Gasteiger partial charge in [-0.1, -0.05) is 30.3 Å². The van der Waals surface area contributed by atoms with Crippen LogP contribution in [0, 0.1) is 0 Å². The topological polar surface area (TPSA) is 70.2 Å². The molecule has 5 nitrogen and oxygen atoms in total. The average Bonchev–Trinajstić information content (AvgIpc) is 2.45. The van der Waals surface area contributed by atoms with E-state index in [9.17, 15) is 9.59 Å². The number of amides is 2. The Bertz CT molecular complexity index is 460. The molecule has 0 bridgehead atoms. The van der Waals surface area contributed by atoms with Gasteiger partial charge in [-0.05, 0) is 33.4 Å². The summed E-state index contributed by atoms with van der Waals surface area (Å²) in [5.74, 6) is -0.345. The molecule has 0 aromatic heterocycles. The smallest absolute Gasteiger partial charge is 0.243 e. The van der Waals surface area contributed by atoms with E-state index in [4.69, 9.17) is 0 Å². The molecule has 0 fully saturated rings. The lowest BCUT2D eigenvalue weighted by Gasteiger charge is -2.22. The minimum Gasteiger partial charge on any atom is -0.352 e. The van der Waals surface area contributed by atoms with Crippen molar-refractivity contribution in [3.63, 3.8) is 0 Å². The van der Waals surface area contributed by atoms with Crippen molar-refractivity contribution in [2.75, 3.05) is 7.05 Å². The summed E-state index contributed by atoms with van der Waals surface area (Å²) in [6.45, 7) is 5.56. The molecule has 0 heterocycles. The average molecular weight is 291 g/mol. The van der Waals surface area contributed by atoms with E-state index in [2.05, 4.69) is 16.0 Å². The van der Waals surface area contributed by atoms with E-state index in [1.165, 1.54) is 0 Å². The van der Waals surface area contributed by atoms with Crippen molar-refractivity contribution >= 4 is 11.8 Å². The number of nitrogens with one attached hydrogen (secondary N) is 3. The molecule has 1 aromatic carbocycles. The number of hydrogen-bond acceptors (Lipinski definition) is 3. The highest BCUT2D eigenvalue weighted by molar-refractivity contribution is 5.89. The van der Waals surface area contributed by atoms with Crippen LogP contribution < -0.4 is 16.0 Å². The van der Waals surface area contributed by atoms with Crippen molar-refractivity contribution in [1.82, 2.24) is 16.0 Å². The van der Waals surface area contributed by atoms with Crippen LogP contribution in [-0.2, 0) is 16.0 Å². The van der Waals surface area contributed by atoms with Crippen LogP contribution in [-0.4, -0.2) is 37.0 Å². The van der Waals surface area contributed by atoms with E-state index in [-0.39, 0.29) is 23.9 Å². The zero-order valence-corrected chi connectivity index (χ0v) is 13.1. The molecule has 0 saturated carbocycles. The molecule has 0 aliphatic rings. The highest BCUT2D eigenvalue weighted by Gasteiger charge is 2.23. The van der Waals surface area contributed by atoms with Crippen LogP contribution in [0.5, 0.6) is 0 Å². The Labute approximate surface area is 126 Å². The number of likely N-dealkylation sites (N-methyl/N-ethyl adjacent to an activating group) is 1. The number of rotatable bonds is 7. The highest BCUT2D eigenvalue weighted by atomic mass is 16.2. The van der Waals surface area contributed by atoms with Gasteiger partial charge in [0.2, 0.25) is 11.8 Å². The number of carbonyl (C=O) groups excluding carboxylic acids is 2. The van der Waals surface area contributed by atoms with Crippen molar-refractivity contribution < 1.29 is 9.59 Å². The molecule has 2 atom stereocenters. The normalized spacial score (nSPS) is 13.6. The van der Waals surface area contributed by atoms with Crippen LogP contribution in [0.1, 0.15) is 26.3 Å². The summed E-state index contributed by atoms with van der Waals surface area (Å²) in [5, 5.41) is 8.53. The molecule has 3 N–H and O–H groups in total. The first kappa shape index (κ1) is 17.2. The summed E-state index contributed by atoms with van der Waals surface area (Å²) in [7, 11) is 1.71. The summed E-state index contributed by atoms with van der Waals surface area (Å²) >= 11 is 0. The van der Waals surface area contributed by atoms with Crippen LogP contribution in [0.15, 0.2) is 30.3 Å². The SMILES string of the molecule is CNC(C)C(=O)NC(Cc1ccccc1)C(=O)NC(C)C. The predicted octanol–water partition coefficient (Wildman–Crippen LogP) is 0.846. The molecule has 21 heavy (non-hydrogen) atoms. The summed E-state index contributed by atoms with van der Waals surface area (Å²) in [6, 6.07) is 8.79. The lowest BCUT2D eigenvalue weighted by molar-refractivity contribution is -0.130. The lowest BCUT2D eigenvalue weighted by atomic mass is 10.0. The van der Waals surface area contributed by atoms with Gasteiger partial charge < -0.3 is 16.0 Å². The van der Waals surface area contributed by atoms with Gasteiger partial charge in [0.05, 0.1) is 6.04 Å². The third-order valence-electron chi connectivity index (χ3n) is 3.17. The molecule has 116 valence electrons. The summed E-state index contributed by atoms with van der Waals surface area (Å²) in [5.41, 5.74) is 1.01. The van der Waals surface area contributed by atoms with Crippen molar-refractivity contribution in [3.8, 4) is 0 Å². The van der Waals surface area contributed by atoms with Gasteiger partial charge in [-0.3, -0.25) is 9.59 Å². The molecule has 0 radical (unpaired) electrons. The van der Waals surface area contributed by atoms with Crippen LogP contribution in [0.2, 0.25) is 0 Å². The third kappa shape index (κ3) is 5.95. The first-order chi connectivity index (χ1) is 9.93. The van der Waals surface area contributed by atoms with Crippen LogP contribution >= 0.6 is 0 Å². The molecular weight excluding hydrogens is 266 g/mol. The number of carbonyl (C=O) groups is 2. The van der Waals surface area contributed by atoms with Gasteiger partial charge in [-0.15, -0.1) is 0 Å². The minimum atomic E-state index is -0.571. The Morgan fingerprint density at radius 2 is 1.62 bits per heavy atom. The summed E-state index contributed by atoms with van der Waals surface area (Å²) < 4.78 is 0. The van der Waals surface area contributed by atoms with E-state index in [0.717, 1.165) is 5.56 Å². The van der Waals surface area contributed by atoms with Gasteiger partial charge >= 0.3 is 0 Å². The maximum absolute atomic E-state index is 12.3. The Hall–Kier alpha value is -1.88. The zero-order valence-electron chi connectivity index (χ0n) is 13.1. The second-order valence-electron chi connectivity index (χ2n) is 5.42.